The normalized spacial score (nSPS) is 28.2. The lowest BCUT2D eigenvalue weighted by molar-refractivity contribution is -0.148. The number of rotatable bonds is 1. The van der Waals surface area contributed by atoms with Gasteiger partial charge in [-0.2, -0.15) is 5.26 Å². The Morgan fingerprint density at radius 2 is 2.33 bits per heavy atom. The van der Waals surface area contributed by atoms with Gasteiger partial charge in [0.05, 0.1) is 13.2 Å². The number of Topliss-reactive ketones (excluding diaryl/α,β-unsaturated/α-hetero) is 1. The maximum Gasteiger partial charge on any atom is 0.316 e. The van der Waals surface area contributed by atoms with Crippen LogP contribution in [-0.4, -0.2) is 18.9 Å². The Hall–Kier alpha value is -1.37. The monoisotopic (exact) mass is 167 g/mol. The zero-order valence-corrected chi connectivity index (χ0v) is 6.74. The lowest BCUT2D eigenvalue weighted by Gasteiger charge is -2.03. The van der Waals surface area contributed by atoms with Gasteiger partial charge >= 0.3 is 5.97 Å². The molecular formula is C8H9NO3. The second-order valence-electron chi connectivity index (χ2n) is 2.74. The molecule has 0 saturated heterocycles. The van der Waals surface area contributed by atoms with E-state index in [1.165, 1.54) is 7.11 Å². The van der Waals surface area contributed by atoms with Crippen LogP contribution in [0.1, 0.15) is 12.8 Å². The van der Waals surface area contributed by atoms with Crippen LogP contribution in [0.4, 0.5) is 0 Å². The summed E-state index contributed by atoms with van der Waals surface area (Å²) in [5.41, 5.74) is 0. The SMILES string of the molecule is COC(=O)C1CCC(C#N)C1=O. The Morgan fingerprint density at radius 1 is 1.67 bits per heavy atom. The highest BCUT2D eigenvalue weighted by Gasteiger charge is 2.39. The van der Waals surface area contributed by atoms with Gasteiger partial charge < -0.3 is 4.74 Å². The second-order valence-corrected chi connectivity index (χ2v) is 2.74. The number of carbonyl (C=O) groups excluding carboxylic acids is 2. The summed E-state index contributed by atoms with van der Waals surface area (Å²) in [6, 6.07) is 1.87. The number of carbonyl (C=O) groups is 2. The first-order chi connectivity index (χ1) is 5.70. The summed E-state index contributed by atoms with van der Waals surface area (Å²) in [6.07, 6.45) is 0.929. The number of ketones is 1. The summed E-state index contributed by atoms with van der Waals surface area (Å²) in [7, 11) is 1.25. The van der Waals surface area contributed by atoms with Gasteiger partial charge in [-0.05, 0) is 12.8 Å². The molecule has 0 aliphatic heterocycles. The molecule has 2 atom stereocenters. The van der Waals surface area contributed by atoms with Gasteiger partial charge in [0.15, 0.2) is 5.78 Å². The number of methoxy groups -OCH3 is 1. The fourth-order valence-corrected chi connectivity index (χ4v) is 1.37. The molecule has 2 unspecified atom stereocenters. The quantitative estimate of drug-likeness (QED) is 0.415. The van der Waals surface area contributed by atoms with Gasteiger partial charge in [-0.1, -0.05) is 0 Å². The van der Waals surface area contributed by atoms with Crippen LogP contribution in [0.2, 0.25) is 0 Å². The summed E-state index contributed by atoms with van der Waals surface area (Å²) in [5.74, 6) is -2.10. The number of hydrogen-bond acceptors (Lipinski definition) is 4. The molecule has 0 radical (unpaired) electrons. The topological polar surface area (TPSA) is 67.2 Å². The molecular weight excluding hydrogens is 158 g/mol. The maximum atomic E-state index is 11.2. The number of nitrogens with zero attached hydrogens (tertiary/aromatic N) is 1. The first kappa shape index (κ1) is 8.72. The Bertz CT molecular complexity index is 254. The highest BCUT2D eigenvalue weighted by molar-refractivity contribution is 6.02. The van der Waals surface area contributed by atoms with Crippen LogP contribution in [-0.2, 0) is 14.3 Å². The average Bonchev–Trinajstić information content (AvgIpc) is 2.45. The molecule has 0 bridgehead atoms. The summed E-state index contributed by atoms with van der Waals surface area (Å²) >= 11 is 0. The minimum Gasteiger partial charge on any atom is -0.468 e. The van der Waals surface area contributed by atoms with Gasteiger partial charge in [0.2, 0.25) is 0 Å². The van der Waals surface area contributed by atoms with Crippen molar-refractivity contribution in [1.29, 1.82) is 5.26 Å². The molecule has 4 heteroatoms. The summed E-state index contributed by atoms with van der Waals surface area (Å²) in [6.45, 7) is 0. The third-order valence-corrected chi connectivity index (χ3v) is 2.07. The molecule has 0 amide bonds. The molecule has 64 valence electrons. The van der Waals surface area contributed by atoms with E-state index < -0.39 is 17.8 Å². The molecule has 0 N–H and O–H groups in total. The molecule has 12 heavy (non-hydrogen) atoms. The van der Waals surface area contributed by atoms with Crippen molar-refractivity contribution in [2.24, 2.45) is 11.8 Å². The third kappa shape index (κ3) is 1.30. The van der Waals surface area contributed by atoms with E-state index in [1.54, 1.807) is 0 Å². The minimum absolute atomic E-state index is 0.288. The van der Waals surface area contributed by atoms with E-state index in [4.69, 9.17) is 5.26 Å². The zero-order valence-electron chi connectivity index (χ0n) is 6.74. The molecule has 1 aliphatic rings. The largest absolute Gasteiger partial charge is 0.468 e. The van der Waals surface area contributed by atoms with Gasteiger partial charge in [-0.25, -0.2) is 0 Å². The smallest absolute Gasteiger partial charge is 0.316 e. The Morgan fingerprint density at radius 3 is 2.75 bits per heavy atom. The van der Waals surface area contributed by atoms with Crippen molar-refractivity contribution < 1.29 is 14.3 Å². The Kier molecular flexibility index (Phi) is 2.44. The summed E-state index contributed by atoms with van der Waals surface area (Å²) in [5, 5.41) is 8.49. The van der Waals surface area contributed by atoms with E-state index in [1.807, 2.05) is 6.07 Å². The standard InChI is InChI=1S/C8H9NO3/c1-12-8(11)6-3-2-5(4-9)7(6)10/h5-6H,2-3H2,1H3. The van der Waals surface area contributed by atoms with Gasteiger partial charge in [0.25, 0.3) is 0 Å². The van der Waals surface area contributed by atoms with Crippen molar-refractivity contribution in [2.45, 2.75) is 12.8 Å². The van der Waals surface area contributed by atoms with Gasteiger partial charge in [-0.3, -0.25) is 9.59 Å². The van der Waals surface area contributed by atoms with E-state index in [2.05, 4.69) is 4.74 Å². The first-order valence-corrected chi connectivity index (χ1v) is 3.72. The average molecular weight is 167 g/mol. The highest BCUT2D eigenvalue weighted by Crippen LogP contribution is 2.27. The van der Waals surface area contributed by atoms with Crippen molar-refractivity contribution in [3.8, 4) is 6.07 Å². The fraction of sp³-hybridized carbons (Fsp3) is 0.625. The molecule has 0 spiro atoms. The van der Waals surface area contributed by atoms with Crippen LogP contribution in [0.15, 0.2) is 0 Å². The number of hydrogen-bond donors (Lipinski definition) is 0. The van der Waals surface area contributed by atoms with Crippen LogP contribution in [0.25, 0.3) is 0 Å². The number of esters is 1. The second kappa shape index (κ2) is 3.35. The Labute approximate surface area is 70.1 Å². The lowest BCUT2D eigenvalue weighted by atomic mass is 10.0. The zero-order chi connectivity index (χ0) is 9.14. The molecule has 0 heterocycles. The van der Waals surface area contributed by atoms with Crippen LogP contribution in [0, 0.1) is 23.2 Å². The molecule has 0 aromatic carbocycles. The van der Waals surface area contributed by atoms with E-state index in [-0.39, 0.29) is 5.78 Å². The highest BCUT2D eigenvalue weighted by atomic mass is 16.5. The maximum absolute atomic E-state index is 11.2. The molecule has 0 aromatic heterocycles. The van der Waals surface area contributed by atoms with E-state index in [9.17, 15) is 9.59 Å². The summed E-state index contributed by atoms with van der Waals surface area (Å²) < 4.78 is 4.43. The van der Waals surface area contributed by atoms with Crippen LogP contribution in [0.3, 0.4) is 0 Å². The predicted octanol–water partition coefficient (Wildman–Crippen LogP) is 0.278. The first-order valence-electron chi connectivity index (χ1n) is 3.72. The molecule has 1 fully saturated rings. The van der Waals surface area contributed by atoms with Crippen molar-refractivity contribution in [3.05, 3.63) is 0 Å². The Balaban J connectivity index is 2.68. The van der Waals surface area contributed by atoms with Crippen molar-refractivity contribution in [2.75, 3.05) is 7.11 Å². The molecule has 4 nitrogen and oxygen atoms in total. The van der Waals surface area contributed by atoms with Gasteiger partial charge in [-0.15, -0.1) is 0 Å². The van der Waals surface area contributed by atoms with Crippen LogP contribution >= 0.6 is 0 Å². The van der Waals surface area contributed by atoms with Gasteiger partial charge in [0, 0.05) is 0 Å². The molecule has 1 saturated carbocycles. The molecule has 0 aromatic rings. The molecule has 1 aliphatic carbocycles. The van der Waals surface area contributed by atoms with E-state index in [0.29, 0.717) is 12.8 Å². The van der Waals surface area contributed by atoms with E-state index >= 15 is 0 Å². The number of ether oxygens (including phenoxy) is 1. The van der Waals surface area contributed by atoms with Crippen LogP contribution in [0.5, 0.6) is 0 Å². The van der Waals surface area contributed by atoms with Crippen LogP contribution < -0.4 is 0 Å². The lowest BCUT2D eigenvalue weighted by Crippen LogP contribution is -2.22. The third-order valence-electron chi connectivity index (χ3n) is 2.07. The minimum atomic E-state index is -0.695. The molecule has 1 rings (SSSR count). The summed E-state index contributed by atoms with van der Waals surface area (Å²) in [4.78, 5) is 22.1. The van der Waals surface area contributed by atoms with Crippen molar-refractivity contribution in [3.63, 3.8) is 0 Å². The fourth-order valence-electron chi connectivity index (χ4n) is 1.37. The predicted molar refractivity (Wildman–Crippen MR) is 38.9 cm³/mol. The van der Waals surface area contributed by atoms with Crippen molar-refractivity contribution in [1.82, 2.24) is 0 Å². The van der Waals surface area contributed by atoms with Crippen molar-refractivity contribution >= 4 is 11.8 Å². The van der Waals surface area contributed by atoms with Gasteiger partial charge in [0.1, 0.15) is 11.8 Å². The number of nitriles is 1. The van der Waals surface area contributed by atoms with E-state index in [0.717, 1.165) is 0 Å².